The summed E-state index contributed by atoms with van der Waals surface area (Å²) in [5.74, 6) is -0.953. The van der Waals surface area contributed by atoms with Gasteiger partial charge in [0.05, 0.1) is 0 Å². The predicted molar refractivity (Wildman–Crippen MR) is 74.4 cm³/mol. The highest BCUT2D eigenvalue weighted by atomic mass is 19.1. The van der Waals surface area contributed by atoms with E-state index in [0.717, 1.165) is 6.42 Å². The molecule has 1 aliphatic rings. The highest BCUT2D eigenvalue weighted by Crippen LogP contribution is 2.27. The number of nitrogens with one attached hydrogen (secondary N) is 1. The fourth-order valence-corrected chi connectivity index (χ4v) is 2.10. The predicted octanol–water partition coefficient (Wildman–Crippen LogP) is 3.45. The standard InChI is InChI=1S/C15H22F2N2/c1-4-10(2)19(3)15-13(16)7-11(8-14(15)17)9-18-12-5-6-12/h7-8,10,12,18H,4-6,9H2,1-3H3. The van der Waals surface area contributed by atoms with Crippen LogP contribution in [0.2, 0.25) is 0 Å². The van der Waals surface area contributed by atoms with Crippen LogP contribution in [0.3, 0.4) is 0 Å². The van der Waals surface area contributed by atoms with Crippen LogP contribution in [0.15, 0.2) is 12.1 Å². The number of benzene rings is 1. The van der Waals surface area contributed by atoms with Crippen molar-refractivity contribution < 1.29 is 8.78 Å². The molecule has 106 valence electrons. The minimum atomic E-state index is -0.476. The van der Waals surface area contributed by atoms with Gasteiger partial charge >= 0.3 is 0 Å². The van der Waals surface area contributed by atoms with Crippen molar-refractivity contribution >= 4 is 5.69 Å². The fraction of sp³-hybridized carbons (Fsp3) is 0.600. The topological polar surface area (TPSA) is 15.3 Å². The molecule has 0 spiro atoms. The van der Waals surface area contributed by atoms with Crippen molar-refractivity contribution in [2.24, 2.45) is 0 Å². The summed E-state index contributed by atoms with van der Waals surface area (Å²) in [5, 5.41) is 3.26. The maximum absolute atomic E-state index is 14.1. The Balaban J connectivity index is 2.15. The molecule has 1 fully saturated rings. The number of hydrogen-bond acceptors (Lipinski definition) is 2. The van der Waals surface area contributed by atoms with E-state index in [9.17, 15) is 8.78 Å². The molecule has 1 aromatic carbocycles. The van der Waals surface area contributed by atoms with Gasteiger partial charge in [0.2, 0.25) is 0 Å². The van der Waals surface area contributed by atoms with Crippen molar-refractivity contribution in [3.05, 3.63) is 29.3 Å². The monoisotopic (exact) mass is 268 g/mol. The van der Waals surface area contributed by atoms with Gasteiger partial charge in [-0.05, 0) is 43.9 Å². The van der Waals surface area contributed by atoms with E-state index in [1.54, 1.807) is 11.9 Å². The first-order valence-corrected chi connectivity index (χ1v) is 6.97. The van der Waals surface area contributed by atoms with Crippen LogP contribution in [0, 0.1) is 11.6 Å². The van der Waals surface area contributed by atoms with Crippen LogP contribution in [0.5, 0.6) is 0 Å². The molecule has 1 N–H and O–H groups in total. The van der Waals surface area contributed by atoms with Crippen molar-refractivity contribution in [2.45, 2.75) is 51.7 Å². The van der Waals surface area contributed by atoms with E-state index in [1.807, 2.05) is 13.8 Å². The van der Waals surface area contributed by atoms with Crippen LogP contribution in [0.1, 0.15) is 38.7 Å². The lowest BCUT2D eigenvalue weighted by molar-refractivity contribution is 0.551. The number of hydrogen-bond donors (Lipinski definition) is 1. The summed E-state index contributed by atoms with van der Waals surface area (Å²) in [6.45, 7) is 4.50. The normalized spacial score (nSPS) is 16.5. The van der Waals surface area contributed by atoms with Gasteiger partial charge in [-0.1, -0.05) is 6.92 Å². The van der Waals surface area contributed by atoms with Gasteiger partial charge in [0.25, 0.3) is 0 Å². The molecule has 1 aromatic rings. The molecule has 0 aliphatic heterocycles. The summed E-state index contributed by atoms with van der Waals surface area (Å²) < 4.78 is 28.2. The van der Waals surface area contributed by atoms with Gasteiger partial charge in [0.15, 0.2) is 0 Å². The van der Waals surface area contributed by atoms with E-state index in [1.165, 1.54) is 25.0 Å². The Morgan fingerprint density at radius 2 is 1.89 bits per heavy atom. The second kappa shape index (κ2) is 5.87. The average molecular weight is 268 g/mol. The molecule has 4 heteroatoms. The minimum absolute atomic E-state index is 0.0736. The molecule has 0 aromatic heterocycles. The summed E-state index contributed by atoms with van der Waals surface area (Å²) >= 11 is 0. The Hall–Kier alpha value is -1.16. The molecular weight excluding hydrogens is 246 g/mol. The van der Waals surface area contributed by atoms with E-state index in [-0.39, 0.29) is 11.7 Å². The molecule has 1 unspecified atom stereocenters. The van der Waals surface area contributed by atoms with Crippen LogP contribution in [-0.2, 0) is 6.54 Å². The zero-order valence-electron chi connectivity index (χ0n) is 11.8. The quantitative estimate of drug-likeness (QED) is 0.850. The Kier molecular flexibility index (Phi) is 4.40. The van der Waals surface area contributed by atoms with Gasteiger partial charge in [-0.15, -0.1) is 0 Å². The highest BCUT2D eigenvalue weighted by Gasteiger charge is 2.22. The molecule has 0 saturated heterocycles. The molecule has 2 nitrogen and oxygen atoms in total. The molecule has 1 aliphatic carbocycles. The third kappa shape index (κ3) is 3.44. The first kappa shape index (κ1) is 14.3. The first-order chi connectivity index (χ1) is 9.02. The SMILES string of the molecule is CCC(C)N(C)c1c(F)cc(CNC2CC2)cc1F. The zero-order valence-corrected chi connectivity index (χ0v) is 11.8. The summed E-state index contributed by atoms with van der Waals surface area (Å²) in [7, 11) is 1.73. The number of nitrogens with zero attached hydrogens (tertiary/aromatic N) is 1. The lowest BCUT2D eigenvalue weighted by Crippen LogP contribution is -2.30. The Morgan fingerprint density at radius 1 is 1.32 bits per heavy atom. The molecule has 0 amide bonds. The van der Waals surface area contributed by atoms with Gasteiger partial charge in [0.1, 0.15) is 17.3 Å². The minimum Gasteiger partial charge on any atom is -0.367 e. The van der Waals surface area contributed by atoms with Crippen molar-refractivity contribution in [1.82, 2.24) is 5.32 Å². The van der Waals surface area contributed by atoms with Crippen molar-refractivity contribution in [3.63, 3.8) is 0 Å². The van der Waals surface area contributed by atoms with E-state index < -0.39 is 11.6 Å². The van der Waals surface area contributed by atoms with Gasteiger partial charge in [-0.2, -0.15) is 0 Å². The summed E-state index contributed by atoms with van der Waals surface area (Å²) in [4.78, 5) is 1.67. The average Bonchev–Trinajstić information content (AvgIpc) is 3.18. The first-order valence-electron chi connectivity index (χ1n) is 6.97. The number of anilines is 1. The maximum Gasteiger partial charge on any atom is 0.149 e. The van der Waals surface area contributed by atoms with Crippen LogP contribution >= 0.6 is 0 Å². The van der Waals surface area contributed by atoms with Crippen molar-refractivity contribution in [1.29, 1.82) is 0 Å². The molecule has 0 bridgehead atoms. The second-order valence-electron chi connectivity index (χ2n) is 5.43. The molecule has 19 heavy (non-hydrogen) atoms. The van der Waals surface area contributed by atoms with Crippen LogP contribution in [0.25, 0.3) is 0 Å². The summed E-state index contributed by atoms with van der Waals surface area (Å²) in [6, 6.07) is 3.52. The van der Waals surface area contributed by atoms with Crippen LogP contribution in [-0.4, -0.2) is 19.1 Å². The van der Waals surface area contributed by atoms with Gasteiger partial charge in [0, 0.05) is 25.7 Å². The largest absolute Gasteiger partial charge is 0.367 e. The lowest BCUT2D eigenvalue weighted by Gasteiger charge is -2.27. The molecule has 0 heterocycles. The molecule has 1 atom stereocenters. The van der Waals surface area contributed by atoms with Gasteiger partial charge < -0.3 is 10.2 Å². The lowest BCUT2D eigenvalue weighted by atomic mass is 10.1. The highest BCUT2D eigenvalue weighted by molar-refractivity contribution is 5.50. The summed E-state index contributed by atoms with van der Waals surface area (Å²) in [6.07, 6.45) is 3.18. The third-order valence-electron chi connectivity index (χ3n) is 3.85. The number of rotatable bonds is 6. The fourth-order valence-electron chi connectivity index (χ4n) is 2.10. The van der Waals surface area contributed by atoms with E-state index in [4.69, 9.17) is 0 Å². The molecule has 2 rings (SSSR count). The maximum atomic E-state index is 14.1. The Morgan fingerprint density at radius 3 is 2.37 bits per heavy atom. The van der Waals surface area contributed by atoms with Crippen molar-refractivity contribution in [3.8, 4) is 0 Å². The third-order valence-corrected chi connectivity index (χ3v) is 3.85. The Labute approximate surface area is 113 Å². The molecule has 0 radical (unpaired) electrons. The van der Waals surface area contributed by atoms with E-state index >= 15 is 0 Å². The zero-order chi connectivity index (χ0) is 14.0. The van der Waals surface area contributed by atoms with E-state index in [2.05, 4.69) is 5.32 Å². The van der Waals surface area contributed by atoms with Crippen molar-refractivity contribution in [2.75, 3.05) is 11.9 Å². The smallest absolute Gasteiger partial charge is 0.149 e. The molecule has 1 saturated carbocycles. The van der Waals surface area contributed by atoms with Gasteiger partial charge in [-0.3, -0.25) is 0 Å². The Bertz CT molecular complexity index is 421. The van der Waals surface area contributed by atoms with Crippen LogP contribution in [0.4, 0.5) is 14.5 Å². The second-order valence-corrected chi connectivity index (χ2v) is 5.43. The van der Waals surface area contributed by atoms with Crippen LogP contribution < -0.4 is 10.2 Å². The van der Waals surface area contributed by atoms with Gasteiger partial charge in [-0.25, -0.2) is 8.78 Å². The summed E-state index contributed by atoms with van der Waals surface area (Å²) in [5.41, 5.74) is 0.743. The van der Waals surface area contributed by atoms with E-state index in [0.29, 0.717) is 18.2 Å². The number of halogens is 2. The molecular formula is C15H22F2N2.